The number of hydrogen-bond donors (Lipinski definition) is 0. The van der Waals surface area contributed by atoms with E-state index >= 15 is 0 Å². The van der Waals surface area contributed by atoms with Crippen LogP contribution in [-0.4, -0.2) is 15.0 Å². The second kappa shape index (κ2) is 11.9. The lowest BCUT2D eigenvalue weighted by Crippen LogP contribution is -2.00. The summed E-state index contributed by atoms with van der Waals surface area (Å²) in [6.07, 6.45) is 0. The van der Waals surface area contributed by atoms with Crippen molar-refractivity contribution in [1.29, 1.82) is 0 Å². The van der Waals surface area contributed by atoms with E-state index in [1.54, 1.807) is 60.7 Å². The molecular formula is C47H29N3O. The molecule has 0 amide bonds. The molecule has 0 radical (unpaired) electrons. The molecule has 8 aromatic carbocycles. The summed E-state index contributed by atoms with van der Waals surface area (Å²) < 4.78 is 177. The average Bonchev–Trinajstić information content (AvgIpc) is 3.75. The molecule has 4 nitrogen and oxygen atoms in total. The lowest BCUT2D eigenvalue weighted by molar-refractivity contribution is 0.670. The first kappa shape index (κ1) is 15.8. The van der Waals surface area contributed by atoms with Gasteiger partial charge in [-0.2, -0.15) is 0 Å². The Hall–Kier alpha value is -6.91. The summed E-state index contributed by atoms with van der Waals surface area (Å²) in [5.74, 6) is -0.0112. The highest BCUT2D eigenvalue weighted by molar-refractivity contribution is 6.18. The van der Waals surface area contributed by atoms with Crippen molar-refractivity contribution in [2.24, 2.45) is 0 Å². The molecule has 0 spiro atoms. The highest BCUT2D eigenvalue weighted by atomic mass is 16.3. The second-order valence-corrected chi connectivity index (χ2v) is 11.3. The number of hydrogen-bond acceptors (Lipinski definition) is 4. The van der Waals surface area contributed by atoms with Crippen molar-refractivity contribution in [2.75, 3.05) is 0 Å². The van der Waals surface area contributed by atoms with Crippen LogP contribution in [0.4, 0.5) is 0 Å². The van der Waals surface area contributed by atoms with Crippen molar-refractivity contribution in [3.63, 3.8) is 0 Å². The van der Waals surface area contributed by atoms with Gasteiger partial charge in [-0.15, -0.1) is 0 Å². The normalized spacial score (nSPS) is 16.7. The van der Waals surface area contributed by atoms with Crippen LogP contribution in [-0.2, 0) is 0 Å². The van der Waals surface area contributed by atoms with Gasteiger partial charge in [0.2, 0.25) is 0 Å². The fourth-order valence-corrected chi connectivity index (χ4v) is 5.77. The Balaban J connectivity index is 1.37. The Labute approximate surface area is 321 Å². The van der Waals surface area contributed by atoms with Crippen molar-refractivity contribution in [3.05, 3.63) is 175 Å². The van der Waals surface area contributed by atoms with Crippen LogP contribution in [0.15, 0.2) is 180 Å². The summed E-state index contributed by atoms with van der Waals surface area (Å²) in [5.41, 5.74) is -2.73. The van der Waals surface area contributed by atoms with Crippen LogP contribution in [0.25, 0.3) is 99.9 Å². The van der Waals surface area contributed by atoms with Gasteiger partial charge in [0.25, 0.3) is 0 Å². The summed E-state index contributed by atoms with van der Waals surface area (Å²) in [5, 5.41) is -2.28. The summed E-state index contributed by atoms with van der Waals surface area (Å²) in [6.45, 7) is 0. The van der Waals surface area contributed by atoms with Gasteiger partial charge in [-0.3, -0.25) is 0 Å². The van der Waals surface area contributed by atoms with Crippen LogP contribution in [0.5, 0.6) is 0 Å². The van der Waals surface area contributed by atoms with Crippen molar-refractivity contribution < 1.29 is 30.5 Å². The van der Waals surface area contributed by atoms with E-state index in [1.807, 2.05) is 0 Å². The molecule has 51 heavy (non-hydrogen) atoms. The molecule has 0 atom stereocenters. The van der Waals surface area contributed by atoms with Crippen LogP contribution < -0.4 is 0 Å². The van der Waals surface area contributed by atoms with Gasteiger partial charge in [-0.05, 0) is 68.4 Å². The molecular weight excluding hydrogens is 623 g/mol. The van der Waals surface area contributed by atoms with Crippen LogP contribution >= 0.6 is 0 Å². The van der Waals surface area contributed by atoms with Crippen molar-refractivity contribution >= 4 is 43.5 Å². The molecule has 238 valence electrons. The van der Waals surface area contributed by atoms with Crippen LogP contribution in [0.1, 0.15) is 26.0 Å². The summed E-state index contributed by atoms with van der Waals surface area (Å²) in [7, 11) is 0. The molecule has 0 fully saturated rings. The molecule has 2 aromatic heterocycles. The maximum absolute atomic E-state index is 9.74. The maximum Gasteiger partial charge on any atom is 0.164 e. The molecule has 0 aliphatic rings. The molecule has 0 saturated heterocycles. The van der Waals surface area contributed by atoms with Gasteiger partial charge in [-0.25, -0.2) is 15.0 Å². The first-order chi connectivity index (χ1) is 33.2. The van der Waals surface area contributed by atoms with E-state index in [9.17, 15) is 11.0 Å². The van der Waals surface area contributed by atoms with Gasteiger partial charge in [0.1, 0.15) is 11.2 Å². The molecule has 0 bridgehead atoms. The van der Waals surface area contributed by atoms with Gasteiger partial charge >= 0.3 is 0 Å². The molecule has 2 heterocycles. The van der Waals surface area contributed by atoms with E-state index in [-0.39, 0.29) is 44.6 Å². The molecule has 4 heteroatoms. The van der Waals surface area contributed by atoms with Crippen molar-refractivity contribution in [2.45, 2.75) is 0 Å². The smallest absolute Gasteiger partial charge is 0.164 e. The third kappa shape index (κ3) is 5.13. The average molecular weight is 671 g/mol. The minimum absolute atomic E-state index is 0.116. The lowest BCUT2D eigenvalue weighted by atomic mass is 9.95. The number of aromatic nitrogens is 3. The Kier molecular flexibility index (Phi) is 3.68. The van der Waals surface area contributed by atoms with Gasteiger partial charge in [0.15, 0.2) is 17.5 Å². The highest BCUT2D eigenvalue weighted by Crippen LogP contribution is 2.43. The fraction of sp³-hybridized carbons (Fsp3) is 0. The molecule has 0 aliphatic heterocycles. The standard InChI is InChI=1S/C47H29N3O/c1-3-12-33(13-4-1)45-48-46(34-14-5-2-6-15-34)50-47(49-45)40-26-25-39(44-43(40)41-28-36-17-9-10-18-37(36)29-42(41)51-44)32-22-19-31(20-23-32)38-24-21-30-11-7-8-16-35(30)27-38/h1-29H/i7D,8D,9D,10D,11D,16D,17D,18D,19D,20D,21D,22D,23D,24D,25D,26D,27D,28D,29D. The predicted molar refractivity (Wildman–Crippen MR) is 209 cm³/mol. The Morgan fingerprint density at radius 3 is 1.61 bits per heavy atom. The van der Waals surface area contributed by atoms with Crippen LogP contribution in [0.3, 0.4) is 0 Å². The van der Waals surface area contributed by atoms with E-state index in [0.29, 0.717) is 11.1 Å². The zero-order valence-electron chi connectivity index (χ0n) is 45.0. The Morgan fingerprint density at radius 1 is 0.412 bits per heavy atom. The number of rotatable bonds is 5. The third-order valence-corrected chi connectivity index (χ3v) is 8.17. The summed E-state index contributed by atoms with van der Waals surface area (Å²) in [4.78, 5) is 14.2. The third-order valence-electron chi connectivity index (χ3n) is 8.17. The van der Waals surface area contributed by atoms with Gasteiger partial charge < -0.3 is 4.42 Å². The van der Waals surface area contributed by atoms with Crippen molar-refractivity contribution in [3.8, 4) is 56.4 Å². The monoisotopic (exact) mass is 670 g/mol. The number of benzene rings is 8. The second-order valence-electron chi connectivity index (χ2n) is 11.3. The number of nitrogens with zero attached hydrogens (tertiary/aromatic N) is 3. The first-order valence-corrected chi connectivity index (χ1v) is 15.6. The number of fused-ring (bicyclic) bond motifs is 5. The van der Waals surface area contributed by atoms with E-state index in [0.717, 1.165) is 0 Å². The summed E-state index contributed by atoms with van der Waals surface area (Å²) >= 11 is 0. The molecule has 0 saturated carbocycles. The van der Waals surface area contributed by atoms with Crippen LogP contribution in [0.2, 0.25) is 0 Å². The van der Waals surface area contributed by atoms with Gasteiger partial charge in [0, 0.05) is 33.0 Å². The SMILES string of the molecule is [2H]c1c([2H])c(-c2c([2H])c([2H])c(-c3nc(-c4ccccc4)nc(-c4ccccc4)n3)c3c2oc2c([2H])c4c([2H])c([2H])c([2H])c([2H])c4c([2H])c23)c([2H])c([2H])c1-c1c([2H])c([2H])c2c([2H])c([2H])c([2H])c([2H])c2c1[2H]. The topological polar surface area (TPSA) is 51.8 Å². The van der Waals surface area contributed by atoms with Gasteiger partial charge in [-0.1, -0.05) is 145 Å². The van der Waals surface area contributed by atoms with E-state index < -0.39 is 159 Å². The Bertz CT molecular complexity index is 3910. The lowest BCUT2D eigenvalue weighted by Gasteiger charge is -2.11. The fourth-order valence-electron chi connectivity index (χ4n) is 5.77. The molecule has 0 N–H and O–H groups in total. The van der Waals surface area contributed by atoms with Crippen LogP contribution in [0, 0.1) is 0 Å². The molecule has 10 aromatic rings. The van der Waals surface area contributed by atoms with E-state index in [1.165, 1.54) is 0 Å². The van der Waals surface area contributed by atoms with Crippen molar-refractivity contribution in [1.82, 2.24) is 15.0 Å². The maximum atomic E-state index is 9.74. The highest BCUT2D eigenvalue weighted by Gasteiger charge is 2.21. The van der Waals surface area contributed by atoms with E-state index in [4.69, 9.17) is 34.4 Å². The minimum Gasteiger partial charge on any atom is -0.455 e. The molecule has 10 rings (SSSR count). The Morgan fingerprint density at radius 2 is 0.941 bits per heavy atom. The van der Waals surface area contributed by atoms with E-state index in [2.05, 4.69) is 0 Å². The zero-order chi connectivity index (χ0) is 50.3. The molecule has 0 aliphatic carbocycles. The number of furan rings is 1. The minimum atomic E-state index is -0.911. The molecule has 0 unspecified atom stereocenters. The largest absolute Gasteiger partial charge is 0.455 e. The predicted octanol–water partition coefficient (Wildman–Crippen LogP) is 12.4. The van der Waals surface area contributed by atoms with Gasteiger partial charge in [0.05, 0.1) is 26.0 Å². The first-order valence-electron chi connectivity index (χ1n) is 25.1. The summed E-state index contributed by atoms with van der Waals surface area (Å²) in [6, 6.07) is 3.16. The zero-order valence-corrected chi connectivity index (χ0v) is 26.0. The quantitative estimate of drug-likeness (QED) is 0.183.